The van der Waals surface area contributed by atoms with E-state index in [9.17, 15) is 8.78 Å². The van der Waals surface area contributed by atoms with Crippen molar-refractivity contribution in [1.82, 2.24) is 4.90 Å². The summed E-state index contributed by atoms with van der Waals surface area (Å²) < 4.78 is 27.3. The highest BCUT2D eigenvalue weighted by Gasteiger charge is 2.25. The van der Waals surface area contributed by atoms with Gasteiger partial charge in [-0.1, -0.05) is 26.0 Å². The second kappa shape index (κ2) is 6.96. The molecule has 2 N–H and O–H groups in total. The lowest BCUT2D eigenvalue weighted by molar-refractivity contribution is 0.135. The third kappa shape index (κ3) is 3.98. The molecule has 0 saturated heterocycles. The number of rotatable bonds is 6. The zero-order chi connectivity index (χ0) is 14.6. The molecule has 108 valence electrons. The first kappa shape index (κ1) is 16.1. The zero-order valence-electron chi connectivity index (χ0n) is 12.2. The van der Waals surface area contributed by atoms with Gasteiger partial charge in [0.2, 0.25) is 0 Å². The minimum atomic E-state index is -0.816. The second-order valence-corrected chi connectivity index (χ2v) is 5.58. The van der Waals surface area contributed by atoms with Gasteiger partial charge in [-0.15, -0.1) is 0 Å². The Balaban J connectivity index is 3.12. The average Bonchev–Trinajstić information content (AvgIpc) is 2.33. The smallest absolute Gasteiger partial charge is 0.163 e. The molecule has 0 fully saturated rings. The van der Waals surface area contributed by atoms with Crippen LogP contribution < -0.4 is 5.73 Å². The van der Waals surface area contributed by atoms with Crippen LogP contribution in [0, 0.1) is 17.6 Å². The minimum Gasteiger partial charge on any atom is -0.329 e. The second-order valence-electron chi connectivity index (χ2n) is 5.58. The van der Waals surface area contributed by atoms with Crippen molar-refractivity contribution in [3.05, 3.63) is 35.4 Å². The number of benzene rings is 1. The number of nitrogens with zero attached hydrogens (tertiary/aromatic N) is 1. The highest BCUT2D eigenvalue weighted by atomic mass is 19.2. The summed E-state index contributed by atoms with van der Waals surface area (Å²) >= 11 is 0. The Hall–Kier alpha value is -1.00. The third-order valence-electron chi connectivity index (χ3n) is 3.20. The van der Waals surface area contributed by atoms with E-state index in [1.165, 1.54) is 6.07 Å². The molecule has 0 aliphatic heterocycles. The largest absolute Gasteiger partial charge is 0.329 e. The average molecular weight is 270 g/mol. The van der Waals surface area contributed by atoms with E-state index in [2.05, 4.69) is 18.7 Å². The Morgan fingerprint density at radius 2 is 1.79 bits per heavy atom. The van der Waals surface area contributed by atoms with Crippen LogP contribution >= 0.6 is 0 Å². The molecule has 0 saturated carbocycles. The number of hydrogen-bond donors (Lipinski definition) is 1. The van der Waals surface area contributed by atoms with Gasteiger partial charge in [0.15, 0.2) is 11.6 Å². The molecule has 0 radical (unpaired) electrons. The van der Waals surface area contributed by atoms with Gasteiger partial charge in [-0.05, 0) is 25.8 Å². The fraction of sp³-hybridized carbons (Fsp3) is 0.600. The molecule has 0 aliphatic rings. The van der Waals surface area contributed by atoms with Crippen LogP contribution in [-0.4, -0.2) is 24.0 Å². The van der Waals surface area contributed by atoms with E-state index in [1.54, 1.807) is 6.07 Å². The van der Waals surface area contributed by atoms with Gasteiger partial charge in [0.1, 0.15) is 0 Å². The van der Waals surface area contributed by atoms with Gasteiger partial charge in [-0.3, -0.25) is 4.90 Å². The summed E-state index contributed by atoms with van der Waals surface area (Å²) in [4.78, 5) is 2.13. The Labute approximate surface area is 114 Å². The minimum absolute atomic E-state index is 0.221. The molecule has 1 unspecified atom stereocenters. The molecule has 0 aromatic heterocycles. The molecule has 0 amide bonds. The van der Waals surface area contributed by atoms with Crippen LogP contribution in [-0.2, 0) is 0 Å². The Bertz CT molecular complexity index is 405. The predicted molar refractivity (Wildman–Crippen MR) is 74.8 cm³/mol. The van der Waals surface area contributed by atoms with Crippen molar-refractivity contribution in [3.8, 4) is 0 Å². The topological polar surface area (TPSA) is 29.3 Å². The maximum absolute atomic E-state index is 13.9. The summed E-state index contributed by atoms with van der Waals surface area (Å²) in [6, 6.07) is 4.21. The van der Waals surface area contributed by atoms with E-state index < -0.39 is 11.6 Å². The Morgan fingerprint density at radius 1 is 1.16 bits per heavy atom. The van der Waals surface area contributed by atoms with Crippen molar-refractivity contribution < 1.29 is 8.78 Å². The monoisotopic (exact) mass is 270 g/mol. The van der Waals surface area contributed by atoms with Crippen LogP contribution in [0.5, 0.6) is 0 Å². The fourth-order valence-corrected chi connectivity index (χ4v) is 2.34. The van der Waals surface area contributed by atoms with E-state index in [0.717, 1.165) is 12.6 Å². The molecule has 1 aromatic carbocycles. The predicted octanol–water partition coefficient (Wildman–Crippen LogP) is 3.33. The van der Waals surface area contributed by atoms with Crippen LogP contribution in [0.25, 0.3) is 0 Å². The lowest BCUT2D eigenvalue weighted by Gasteiger charge is -2.36. The van der Waals surface area contributed by atoms with E-state index in [-0.39, 0.29) is 18.6 Å². The number of nitrogens with two attached hydrogens (primary N) is 1. The molecule has 0 aliphatic carbocycles. The molecule has 0 heterocycles. The molecule has 19 heavy (non-hydrogen) atoms. The summed E-state index contributed by atoms with van der Waals surface area (Å²) in [6.07, 6.45) is 0. The van der Waals surface area contributed by atoms with Gasteiger partial charge in [0.25, 0.3) is 0 Å². The van der Waals surface area contributed by atoms with Crippen molar-refractivity contribution in [1.29, 1.82) is 0 Å². The zero-order valence-corrected chi connectivity index (χ0v) is 12.2. The first-order chi connectivity index (χ1) is 8.88. The van der Waals surface area contributed by atoms with Crippen molar-refractivity contribution in [2.24, 2.45) is 11.7 Å². The maximum Gasteiger partial charge on any atom is 0.163 e. The van der Waals surface area contributed by atoms with Crippen LogP contribution in [0.4, 0.5) is 8.78 Å². The molecule has 1 aromatic rings. The molecular weight excluding hydrogens is 246 g/mol. The van der Waals surface area contributed by atoms with Crippen LogP contribution in [0.1, 0.15) is 39.3 Å². The van der Waals surface area contributed by atoms with Crippen LogP contribution in [0.15, 0.2) is 18.2 Å². The van der Waals surface area contributed by atoms with Crippen LogP contribution in [0.2, 0.25) is 0 Å². The summed E-state index contributed by atoms with van der Waals surface area (Å²) in [5.74, 6) is -1.16. The van der Waals surface area contributed by atoms with Crippen molar-refractivity contribution in [3.63, 3.8) is 0 Å². The van der Waals surface area contributed by atoms with E-state index in [4.69, 9.17) is 5.73 Å². The van der Waals surface area contributed by atoms with Gasteiger partial charge in [-0.2, -0.15) is 0 Å². The SMILES string of the molecule is CC(C)CN(C(C)C)C(CN)c1cccc(F)c1F. The summed E-state index contributed by atoms with van der Waals surface area (Å²) in [5, 5.41) is 0. The van der Waals surface area contributed by atoms with E-state index in [1.807, 2.05) is 13.8 Å². The molecule has 1 rings (SSSR count). The summed E-state index contributed by atoms with van der Waals surface area (Å²) in [5.41, 5.74) is 6.15. The molecule has 0 spiro atoms. The van der Waals surface area contributed by atoms with Crippen molar-refractivity contribution >= 4 is 0 Å². The Kier molecular flexibility index (Phi) is 5.88. The summed E-state index contributed by atoms with van der Waals surface area (Å²) in [6.45, 7) is 9.36. The highest BCUT2D eigenvalue weighted by Crippen LogP contribution is 2.26. The van der Waals surface area contributed by atoms with Gasteiger partial charge in [0.05, 0.1) is 6.04 Å². The molecular formula is C15H24F2N2. The first-order valence-electron chi connectivity index (χ1n) is 6.78. The maximum atomic E-state index is 13.9. The Morgan fingerprint density at radius 3 is 2.26 bits per heavy atom. The molecule has 0 bridgehead atoms. The molecule has 4 heteroatoms. The van der Waals surface area contributed by atoms with Gasteiger partial charge in [0, 0.05) is 24.7 Å². The summed E-state index contributed by atoms with van der Waals surface area (Å²) in [7, 11) is 0. The van der Waals surface area contributed by atoms with Gasteiger partial charge < -0.3 is 5.73 Å². The lowest BCUT2D eigenvalue weighted by Crippen LogP contribution is -2.41. The lowest BCUT2D eigenvalue weighted by atomic mass is 10.0. The fourth-order valence-electron chi connectivity index (χ4n) is 2.34. The highest BCUT2D eigenvalue weighted by molar-refractivity contribution is 5.23. The van der Waals surface area contributed by atoms with Gasteiger partial charge >= 0.3 is 0 Å². The molecule has 1 atom stereocenters. The van der Waals surface area contributed by atoms with E-state index >= 15 is 0 Å². The molecule has 2 nitrogen and oxygen atoms in total. The van der Waals surface area contributed by atoms with Crippen LogP contribution in [0.3, 0.4) is 0 Å². The quantitative estimate of drug-likeness (QED) is 0.859. The van der Waals surface area contributed by atoms with Crippen molar-refractivity contribution in [2.75, 3.05) is 13.1 Å². The standard InChI is InChI=1S/C15H24F2N2/c1-10(2)9-19(11(3)4)14(8-18)12-6-5-7-13(16)15(12)17/h5-7,10-11,14H,8-9,18H2,1-4H3. The normalized spacial score (nSPS) is 13.6. The number of hydrogen-bond acceptors (Lipinski definition) is 2. The first-order valence-corrected chi connectivity index (χ1v) is 6.78. The number of halogens is 2. The van der Waals surface area contributed by atoms with Crippen molar-refractivity contribution in [2.45, 2.75) is 39.8 Å². The van der Waals surface area contributed by atoms with E-state index in [0.29, 0.717) is 11.5 Å². The third-order valence-corrected chi connectivity index (χ3v) is 3.20. The van der Waals surface area contributed by atoms with Gasteiger partial charge in [-0.25, -0.2) is 8.78 Å².